The van der Waals surface area contributed by atoms with Crippen LogP contribution < -0.4 is 9.58 Å². The quantitative estimate of drug-likeness (QED) is 0.319. The Hall–Kier alpha value is -1.95. The molecule has 0 saturated heterocycles. The van der Waals surface area contributed by atoms with Crippen LogP contribution in [0.4, 0.5) is 16.5 Å². The molecule has 0 saturated carbocycles. The zero-order valence-corrected chi connectivity index (χ0v) is 14.1. The SMILES string of the molecule is CN(CCOS(=O)(=O)[O-])c1ccc(N=Nc2scn[n+]2C)cc1. The van der Waals surface area contributed by atoms with Gasteiger partial charge in [0.1, 0.15) is 18.2 Å². The molecule has 2 aromatic rings. The van der Waals surface area contributed by atoms with E-state index in [0.717, 1.165) is 5.69 Å². The lowest BCUT2D eigenvalue weighted by molar-refractivity contribution is -0.713. The second-order valence-corrected chi connectivity index (χ2v) is 6.38. The van der Waals surface area contributed by atoms with Crippen molar-refractivity contribution in [2.24, 2.45) is 17.3 Å². The smallest absolute Gasteiger partial charge is 0.429 e. The number of azo groups is 1. The van der Waals surface area contributed by atoms with Gasteiger partial charge in [-0.2, -0.15) is 0 Å². The Morgan fingerprint density at radius 1 is 1.35 bits per heavy atom. The van der Waals surface area contributed by atoms with Gasteiger partial charge < -0.3 is 9.45 Å². The molecule has 0 atom stereocenters. The normalized spacial score (nSPS) is 12.0. The van der Waals surface area contributed by atoms with E-state index in [1.54, 1.807) is 41.3 Å². The average Bonchev–Trinajstić information content (AvgIpc) is 2.89. The summed E-state index contributed by atoms with van der Waals surface area (Å²) in [6, 6.07) is 7.18. The fraction of sp³-hybridized carbons (Fsp3) is 0.333. The van der Waals surface area contributed by atoms with Crippen molar-refractivity contribution in [3.8, 4) is 0 Å². The zero-order chi connectivity index (χ0) is 16.9. The van der Waals surface area contributed by atoms with Crippen molar-refractivity contribution >= 4 is 38.2 Å². The first-order valence-electron chi connectivity index (χ1n) is 6.48. The van der Waals surface area contributed by atoms with Gasteiger partial charge in [-0.1, -0.05) is 5.10 Å². The van der Waals surface area contributed by atoms with Crippen LogP contribution in [0.15, 0.2) is 40.0 Å². The van der Waals surface area contributed by atoms with E-state index in [1.165, 1.54) is 11.3 Å². The van der Waals surface area contributed by atoms with Crippen LogP contribution in [-0.2, 0) is 21.6 Å². The van der Waals surface area contributed by atoms with E-state index in [2.05, 4.69) is 19.5 Å². The molecular formula is C12H15N5O4S2. The molecule has 0 aliphatic rings. The van der Waals surface area contributed by atoms with Gasteiger partial charge in [0.25, 0.3) is 0 Å². The second-order valence-electron chi connectivity index (χ2n) is 4.51. The number of aromatic nitrogens is 2. The number of benzene rings is 1. The zero-order valence-electron chi connectivity index (χ0n) is 12.5. The van der Waals surface area contributed by atoms with Gasteiger partial charge in [-0.25, -0.2) is 8.42 Å². The van der Waals surface area contributed by atoms with E-state index in [1.807, 2.05) is 12.1 Å². The molecule has 23 heavy (non-hydrogen) atoms. The maximum Gasteiger partial charge on any atom is 0.429 e. The van der Waals surface area contributed by atoms with Gasteiger partial charge in [-0.3, -0.25) is 4.18 Å². The molecular weight excluding hydrogens is 342 g/mol. The van der Waals surface area contributed by atoms with E-state index < -0.39 is 10.4 Å². The van der Waals surface area contributed by atoms with E-state index in [4.69, 9.17) is 0 Å². The summed E-state index contributed by atoms with van der Waals surface area (Å²) in [4.78, 5) is 1.76. The van der Waals surface area contributed by atoms with Crippen LogP contribution >= 0.6 is 11.3 Å². The van der Waals surface area contributed by atoms with Crippen molar-refractivity contribution in [3.05, 3.63) is 29.8 Å². The van der Waals surface area contributed by atoms with E-state index >= 15 is 0 Å². The van der Waals surface area contributed by atoms with Crippen molar-refractivity contribution in [2.45, 2.75) is 0 Å². The third-order valence-electron chi connectivity index (χ3n) is 2.85. The summed E-state index contributed by atoms with van der Waals surface area (Å²) in [5.41, 5.74) is 3.18. The molecule has 9 nitrogen and oxygen atoms in total. The standard InChI is InChI=1S/C12H15N5O4S2/c1-16(7-8-21-23(18,19)20)11-5-3-10(4-6-11)14-15-12-17(2)13-9-22-12/h3-6,9H,7-8H2,1-2H3. The topological polar surface area (TPSA) is 111 Å². The predicted molar refractivity (Wildman–Crippen MR) is 82.8 cm³/mol. The number of anilines is 1. The number of hydrogen-bond donors (Lipinski definition) is 0. The summed E-state index contributed by atoms with van der Waals surface area (Å²) >= 11 is 1.38. The highest BCUT2D eigenvalue weighted by atomic mass is 32.3. The molecule has 0 bridgehead atoms. The van der Waals surface area contributed by atoms with E-state index in [-0.39, 0.29) is 13.2 Å². The molecule has 0 fully saturated rings. The van der Waals surface area contributed by atoms with Gasteiger partial charge in [-0.05, 0) is 40.7 Å². The highest BCUT2D eigenvalue weighted by Crippen LogP contribution is 2.21. The van der Waals surface area contributed by atoms with Crippen LogP contribution in [0.2, 0.25) is 0 Å². The summed E-state index contributed by atoms with van der Waals surface area (Å²) in [6.07, 6.45) is 0. The predicted octanol–water partition coefficient (Wildman–Crippen LogP) is 1.30. The lowest BCUT2D eigenvalue weighted by Gasteiger charge is -2.19. The summed E-state index contributed by atoms with van der Waals surface area (Å²) in [5.74, 6) is 0. The largest absolute Gasteiger partial charge is 0.726 e. The summed E-state index contributed by atoms with van der Waals surface area (Å²) in [5, 5.41) is 12.9. The molecule has 0 spiro atoms. The fourth-order valence-corrected chi connectivity index (χ4v) is 2.48. The Kier molecular flexibility index (Phi) is 5.71. The molecule has 11 heteroatoms. The summed E-state index contributed by atoms with van der Waals surface area (Å²) in [7, 11) is -1.11. The second kappa shape index (κ2) is 7.55. The van der Waals surface area contributed by atoms with Crippen LogP contribution in [0.1, 0.15) is 0 Å². The minimum Gasteiger partial charge on any atom is -0.726 e. The molecule has 0 N–H and O–H groups in total. The van der Waals surface area contributed by atoms with Gasteiger partial charge >= 0.3 is 5.13 Å². The average molecular weight is 357 g/mol. The Labute approximate surface area is 137 Å². The van der Waals surface area contributed by atoms with Crippen molar-refractivity contribution in [2.75, 3.05) is 25.1 Å². The van der Waals surface area contributed by atoms with Crippen LogP contribution in [0, 0.1) is 0 Å². The number of hydrogen-bond acceptors (Lipinski definition) is 9. The summed E-state index contributed by atoms with van der Waals surface area (Å²) < 4.78 is 36.9. The maximum atomic E-state index is 10.4. The molecule has 1 aromatic carbocycles. The highest BCUT2D eigenvalue weighted by molar-refractivity contribution is 7.80. The van der Waals surface area contributed by atoms with Crippen molar-refractivity contribution in [1.29, 1.82) is 0 Å². The highest BCUT2D eigenvalue weighted by Gasteiger charge is 2.09. The molecule has 0 amide bonds. The molecule has 2 rings (SSSR count). The van der Waals surface area contributed by atoms with Gasteiger partial charge in [0.05, 0.1) is 11.7 Å². The number of rotatable bonds is 7. The van der Waals surface area contributed by atoms with Crippen LogP contribution in [0.3, 0.4) is 0 Å². The number of nitrogens with zero attached hydrogens (tertiary/aromatic N) is 5. The van der Waals surface area contributed by atoms with Crippen LogP contribution in [0.5, 0.6) is 0 Å². The minimum absolute atomic E-state index is 0.203. The first-order valence-corrected chi connectivity index (χ1v) is 8.69. The first-order chi connectivity index (χ1) is 10.8. The van der Waals surface area contributed by atoms with Crippen molar-refractivity contribution < 1.29 is 21.8 Å². The van der Waals surface area contributed by atoms with Gasteiger partial charge in [0.15, 0.2) is 0 Å². The molecule has 0 aliphatic heterocycles. The third kappa shape index (κ3) is 5.63. The lowest BCUT2D eigenvalue weighted by atomic mass is 10.2. The van der Waals surface area contributed by atoms with Crippen molar-refractivity contribution in [3.63, 3.8) is 0 Å². The maximum absolute atomic E-state index is 10.4. The Balaban J connectivity index is 1.93. The summed E-state index contributed by atoms with van der Waals surface area (Å²) in [6.45, 7) is 0.0602. The Bertz CT molecular complexity index is 773. The van der Waals surface area contributed by atoms with Gasteiger partial charge in [0, 0.05) is 19.3 Å². The molecule has 124 valence electrons. The van der Waals surface area contributed by atoms with Gasteiger partial charge in [0.2, 0.25) is 10.4 Å². The Morgan fingerprint density at radius 3 is 2.61 bits per heavy atom. The number of likely N-dealkylation sites (N-methyl/N-ethyl adjacent to an activating group) is 1. The molecule has 1 aromatic heterocycles. The molecule has 1 heterocycles. The fourth-order valence-electron chi connectivity index (χ4n) is 1.64. The molecule has 0 radical (unpaired) electrons. The van der Waals surface area contributed by atoms with E-state index in [9.17, 15) is 13.0 Å². The number of aryl methyl sites for hydroxylation is 1. The molecule has 0 aliphatic carbocycles. The van der Waals surface area contributed by atoms with Gasteiger partial charge in [-0.15, -0.1) is 4.68 Å². The minimum atomic E-state index is -4.65. The first kappa shape index (κ1) is 17.4. The lowest BCUT2D eigenvalue weighted by Crippen LogP contribution is -2.28. The third-order valence-corrected chi connectivity index (χ3v) is 4.06. The monoisotopic (exact) mass is 357 g/mol. The van der Waals surface area contributed by atoms with Crippen LogP contribution in [0.25, 0.3) is 0 Å². The van der Waals surface area contributed by atoms with E-state index in [0.29, 0.717) is 10.8 Å². The Morgan fingerprint density at radius 2 is 2.04 bits per heavy atom. The van der Waals surface area contributed by atoms with Crippen molar-refractivity contribution in [1.82, 2.24) is 5.10 Å². The molecule has 0 unspecified atom stereocenters. The van der Waals surface area contributed by atoms with Crippen LogP contribution in [-0.4, -0.2) is 38.3 Å².